The van der Waals surface area contributed by atoms with Gasteiger partial charge in [0.25, 0.3) is 5.91 Å². The smallest absolute Gasteiger partial charge is 0.392 e. The molecule has 2 aromatic heterocycles. The molecular formula is C24H26F3N5O4. The number of halogens is 3. The Hall–Kier alpha value is -3.54. The van der Waals surface area contributed by atoms with E-state index >= 15 is 0 Å². The second-order valence-corrected chi connectivity index (χ2v) is 9.05. The summed E-state index contributed by atoms with van der Waals surface area (Å²) >= 11 is 0. The molecule has 2 unspecified atom stereocenters. The topological polar surface area (TPSA) is 94.7 Å². The average molecular weight is 505 g/mol. The maximum absolute atomic E-state index is 13.6. The number of hydrogen-bond acceptors (Lipinski definition) is 7. The fourth-order valence-electron chi connectivity index (χ4n) is 4.77. The van der Waals surface area contributed by atoms with Gasteiger partial charge in [-0.2, -0.15) is 18.3 Å². The summed E-state index contributed by atoms with van der Waals surface area (Å²) in [6, 6.07) is 6.73. The van der Waals surface area contributed by atoms with Crippen LogP contribution in [0, 0.1) is 11.8 Å². The fourth-order valence-corrected chi connectivity index (χ4v) is 4.77. The summed E-state index contributed by atoms with van der Waals surface area (Å²) in [5.41, 5.74) is 1.08. The molecule has 0 aliphatic carbocycles. The van der Waals surface area contributed by atoms with Crippen LogP contribution >= 0.6 is 0 Å². The second kappa shape index (κ2) is 9.84. The number of rotatable bonds is 7. The second-order valence-electron chi connectivity index (χ2n) is 9.05. The van der Waals surface area contributed by atoms with E-state index in [-0.39, 0.29) is 25.5 Å². The minimum Gasteiger partial charge on any atom is -0.454 e. The lowest BCUT2D eigenvalue weighted by Gasteiger charge is -2.39. The maximum Gasteiger partial charge on any atom is 0.392 e. The molecule has 2 atom stereocenters. The van der Waals surface area contributed by atoms with E-state index in [1.54, 1.807) is 18.2 Å². The number of carbonyl (C=O) groups is 1. The minimum absolute atomic E-state index is 0.0510. The van der Waals surface area contributed by atoms with Gasteiger partial charge in [0.1, 0.15) is 0 Å². The summed E-state index contributed by atoms with van der Waals surface area (Å²) in [7, 11) is 0. The van der Waals surface area contributed by atoms with Crippen molar-refractivity contribution in [2.24, 2.45) is 11.8 Å². The van der Waals surface area contributed by atoms with Gasteiger partial charge in [0, 0.05) is 36.8 Å². The molecule has 0 radical (unpaired) electrons. The number of anilines is 1. The zero-order valence-corrected chi connectivity index (χ0v) is 19.6. The Balaban J connectivity index is 1.23. The van der Waals surface area contributed by atoms with E-state index in [1.807, 2.05) is 6.92 Å². The number of amides is 1. The lowest BCUT2D eigenvalue weighted by Crippen LogP contribution is -2.47. The summed E-state index contributed by atoms with van der Waals surface area (Å²) in [4.78, 5) is 14.7. The van der Waals surface area contributed by atoms with E-state index < -0.39 is 23.9 Å². The van der Waals surface area contributed by atoms with Crippen LogP contribution in [0.15, 0.2) is 41.2 Å². The van der Waals surface area contributed by atoms with Crippen LogP contribution in [0.2, 0.25) is 0 Å². The molecule has 1 saturated heterocycles. The molecule has 12 heteroatoms. The standard InChI is InChI=1S/C24H26F3N5O4/c1-2-6-31-7-5-18(24(25,26)27)16(11-31)12-32-13-17(10-28-32)29-23(33)19-9-21(36-30-19)15-3-4-20-22(8-15)35-14-34-20/h3-4,8-10,13,16,18H,2,5-7,11-12,14H2,1H3,(H,29,33). The normalized spacial score (nSPS) is 20.0. The van der Waals surface area contributed by atoms with Crippen LogP contribution in [0.4, 0.5) is 18.9 Å². The lowest BCUT2D eigenvalue weighted by atomic mass is 9.84. The van der Waals surface area contributed by atoms with Crippen LogP contribution in [0.5, 0.6) is 11.5 Å². The number of hydrogen-bond donors (Lipinski definition) is 1. The number of nitrogens with one attached hydrogen (secondary N) is 1. The third kappa shape index (κ3) is 5.18. The summed E-state index contributed by atoms with van der Waals surface area (Å²) in [5.74, 6) is -0.940. The minimum atomic E-state index is -4.25. The monoisotopic (exact) mass is 505 g/mol. The van der Waals surface area contributed by atoms with Gasteiger partial charge in [-0.05, 0) is 44.1 Å². The van der Waals surface area contributed by atoms with Crippen molar-refractivity contribution in [3.8, 4) is 22.8 Å². The highest BCUT2D eigenvalue weighted by Crippen LogP contribution is 2.39. The van der Waals surface area contributed by atoms with Crippen LogP contribution in [0.25, 0.3) is 11.3 Å². The maximum atomic E-state index is 13.6. The Bertz CT molecular complexity index is 1220. The first-order chi connectivity index (χ1) is 17.3. The first-order valence-corrected chi connectivity index (χ1v) is 11.8. The molecule has 0 bridgehead atoms. The van der Waals surface area contributed by atoms with E-state index in [0.717, 1.165) is 13.0 Å². The number of piperidine rings is 1. The highest BCUT2D eigenvalue weighted by atomic mass is 19.4. The molecule has 3 aromatic rings. The number of carbonyl (C=O) groups excluding carboxylic acids is 1. The van der Waals surface area contributed by atoms with Gasteiger partial charge < -0.3 is 24.2 Å². The van der Waals surface area contributed by atoms with E-state index in [1.165, 1.54) is 23.1 Å². The fraction of sp³-hybridized carbons (Fsp3) is 0.458. The molecule has 9 nitrogen and oxygen atoms in total. The molecule has 5 rings (SSSR count). The Morgan fingerprint density at radius 3 is 2.86 bits per heavy atom. The van der Waals surface area contributed by atoms with Crippen LogP contribution < -0.4 is 14.8 Å². The number of alkyl halides is 3. The van der Waals surface area contributed by atoms with Crippen LogP contribution in [0.1, 0.15) is 30.3 Å². The molecule has 1 aromatic carbocycles. The zero-order chi connectivity index (χ0) is 25.3. The third-order valence-electron chi connectivity index (χ3n) is 6.49. The van der Waals surface area contributed by atoms with Gasteiger partial charge in [0.2, 0.25) is 6.79 Å². The van der Waals surface area contributed by atoms with Crippen molar-refractivity contribution in [2.75, 3.05) is 31.7 Å². The van der Waals surface area contributed by atoms with Crippen molar-refractivity contribution >= 4 is 11.6 Å². The van der Waals surface area contributed by atoms with Crippen LogP contribution in [-0.4, -0.2) is 58.3 Å². The van der Waals surface area contributed by atoms with Crippen molar-refractivity contribution < 1.29 is 32.0 Å². The van der Waals surface area contributed by atoms with E-state index in [0.29, 0.717) is 41.6 Å². The molecule has 0 saturated carbocycles. The molecule has 192 valence electrons. The molecule has 2 aliphatic rings. The van der Waals surface area contributed by atoms with Gasteiger partial charge >= 0.3 is 6.18 Å². The average Bonchev–Trinajstić information content (AvgIpc) is 3.59. The largest absolute Gasteiger partial charge is 0.454 e. The molecule has 1 fully saturated rings. The summed E-state index contributed by atoms with van der Waals surface area (Å²) < 4.78 is 58.3. The number of benzene rings is 1. The van der Waals surface area contributed by atoms with Crippen molar-refractivity contribution in [2.45, 2.75) is 32.5 Å². The number of nitrogens with zero attached hydrogens (tertiary/aromatic N) is 4. The molecule has 1 N–H and O–H groups in total. The van der Waals surface area contributed by atoms with E-state index in [9.17, 15) is 18.0 Å². The van der Waals surface area contributed by atoms with Crippen molar-refractivity contribution in [1.29, 1.82) is 0 Å². The Morgan fingerprint density at radius 2 is 2.06 bits per heavy atom. The Kier molecular flexibility index (Phi) is 6.61. The summed E-state index contributed by atoms with van der Waals surface area (Å²) in [5, 5.41) is 10.7. The first kappa shape index (κ1) is 24.2. The van der Waals surface area contributed by atoms with Gasteiger partial charge in [-0.1, -0.05) is 12.1 Å². The molecule has 0 spiro atoms. The molecule has 2 aliphatic heterocycles. The highest BCUT2D eigenvalue weighted by Gasteiger charge is 2.46. The molecule has 36 heavy (non-hydrogen) atoms. The van der Waals surface area contributed by atoms with Gasteiger partial charge in [0.15, 0.2) is 23.0 Å². The molecule has 4 heterocycles. The quantitative estimate of drug-likeness (QED) is 0.508. The number of fused-ring (bicyclic) bond motifs is 1. The van der Waals surface area contributed by atoms with Gasteiger partial charge in [-0.25, -0.2) is 0 Å². The lowest BCUT2D eigenvalue weighted by molar-refractivity contribution is -0.202. The third-order valence-corrected chi connectivity index (χ3v) is 6.49. The summed E-state index contributed by atoms with van der Waals surface area (Å²) in [6.07, 6.45) is -0.346. The predicted octanol–water partition coefficient (Wildman–Crippen LogP) is 4.43. The van der Waals surface area contributed by atoms with Gasteiger partial charge in [-0.3, -0.25) is 9.48 Å². The Labute approximate surface area is 205 Å². The number of likely N-dealkylation sites (tertiary alicyclic amines) is 1. The van der Waals surface area contributed by atoms with Crippen LogP contribution in [0.3, 0.4) is 0 Å². The number of aromatic nitrogens is 3. The van der Waals surface area contributed by atoms with Gasteiger partial charge in [-0.15, -0.1) is 0 Å². The SMILES string of the molecule is CCCN1CCC(C(F)(F)F)C(Cn2cc(NC(=O)c3cc(-c4ccc5c(c4)OCO5)on3)cn2)C1. The van der Waals surface area contributed by atoms with Crippen LogP contribution in [-0.2, 0) is 6.54 Å². The van der Waals surface area contributed by atoms with E-state index in [4.69, 9.17) is 14.0 Å². The molecular weight excluding hydrogens is 479 g/mol. The number of ether oxygens (including phenoxy) is 2. The Morgan fingerprint density at radius 1 is 1.22 bits per heavy atom. The summed E-state index contributed by atoms with van der Waals surface area (Å²) in [6.45, 7) is 3.85. The highest BCUT2D eigenvalue weighted by molar-refractivity contribution is 6.03. The van der Waals surface area contributed by atoms with Gasteiger partial charge in [0.05, 0.1) is 17.8 Å². The van der Waals surface area contributed by atoms with Crippen molar-refractivity contribution in [3.63, 3.8) is 0 Å². The van der Waals surface area contributed by atoms with E-state index in [2.05, 4.69) is 20.5 Å². The first-order valence-electron chi connectivity index (χ1n) is 11.8. The predicted molar refractivity (Wildman–Crippen MR) is 123 cm³/mol. The molecule has 1 amide bonds. The van der Waals surface area contributed by atoms with Crippen molar-refractivity contribution in [1.82, 2.24) is 19.8 Å². The van der Waals surface area contributed by atoms with Crippen molar-refractivity contribution in [3.05, 3.63) is 42.4 Å². The zero-order valence-electron chi connectivity index (χ0n) is 19.6.